The van der Waals surface area contributed by atoms with Crippen molar-refractivity contribution < 1.29 is 19.2 Å². The monoisotopic (exact) mass is 353 g/mol. The lowest BCUT2D eigenvalue weighted by atomic mass is 9.87. The lowest BCUT2D eigenvalue weighted by Gasteiger charge is -2.17. The molecule has 0 radical (unpaired) electrons. The number of nitro benzene ring substituents is 1. The Kier molecular flexibility index (Phi) is 4.53. The number of aromatic hydroxyl groups is 1. The minimum absolute atomic E-state index is 0.0472. The average molecular weight is 353 g/mol. The Bertz CT molecular complexity index is 1050. The molecule has 0 fully saturated rings. The zero-order valence-electron chi connectivity index (χ0n) is 13.8. The Morgan fingerprint density at radius 2 is 1.88 bits per heavy atom. The third-order valence-corrected chi connectivity index (χ3v) is 4.16. The number of ketones is 1. The van der Waals surface area contributed by atoms with E-state index in [9.17, 15) is 24.8 Å². The second kappa shape index (κ2) is 6.79. The number of rotatable bonds is 5. The highest BCUT2D eigenvalue weighted by Gasteiger charge is 2.28. The van der Waals surface area contributed by atoms with E-state index in [0.717, 1.165) is 0 Å². The van der Waals surface area contributed by atoms with Crippen molar-refractivity contribution in [2.24, 2.45) is 0 Å². The molecule has 1 unspecified atom stereocenters. The van der Waals surface area contributed by atoms with Gasteiger partial charge in [0.2, 0.25) is 0 Å². The first-order chi connectivity index (χ1) is 12.4. The number of benzene rings is 2. The quantitative estimate of drug-likeness (QED) is 0.427. The highest BCUT2D eigenvalue weighted by molar-refractivity contribution is 5.93. The van der Waals surface area contributed by atoms with Crippen LogP contribution in [0.15, 0.2) is 57.7 Å². The molecule has 7 heteroatoms. The second-order valence-electron chi connectivity index (χ2n) is 5.93. The van der Waals surface area contributed by atoms with Crippen molar-refractivity contribution in [1.29, 1.82) is 0 Å². The van der Waals surface area contributed by atoms with Gasteiger partial charge in [-0.05, 0) is 18.6 Å². The molecule has 0 bridgehead atoms. The van der Waals surface area contributed by atoms with E-state index in [2.05, 4.69) is 0 Å². The van der Waals surface area contributed by atoms with Gasteiger partial charge in [-0.3, -0.25) is 14.9 Å². The lowest BCUT2D eigenvalue weighted by Crippen LogP contribution is -2.16. The largest absolute Gasteiger partial charge is 0.506 e. The maximum atomic E-state index is 12.5. The molecule has 132 valence electrons. The lowest BCUT2D eigenvalue weighted by molar-refractivity contribution is -0.383. The fourth-order valence-corrected chi connectivity index (χ4v) is 3.05. The fourth-order valence-electron chi connectivity index (χ4n) is 3.05. The molecule has 0 aliphatic rings. The number of nitrogens with zero attached hydrogens (tertiary/aromatic N) is 1. The van der Waals surface area contributed by atoms with Gasteiger partial charge >= 0.3 is 5.63 Å². The first kappa shape index (κ1) is 17.3. The van der Waals surface area contributed by atoms with Gasteiger partial charge in [0.05, 0.1) is 10.5 Å². The summed E-state index contributed by atoms with van der Waals surface area (Å²) in [5.41, 5.74) is -0.818. The molecule has 0 spiro atoms. The topological polar surface area (TPSA) is 111 Å². The van der Waals surface area contributed by atoms with Crippen molar-refractivity contribution in [3.05, 3.63) is 80.2 Å². The van der Waals surface area contributed by atoms with Crippen LogP contribution in [0.1, 0.15) is 30.4 Å². The summed E-state index contributed by atoms with van der Waals surface area (Å²) in [5, 5.41) is 21.9. The van der Waals surface area contributed by atoms with Crippen LogP contribution >= 0.6 is 0 Å². The first-order valence-electron chi connectivity index (χ1n) is 7.87. The Balaban J connectivity index is 2.35. The Labute approximate surface area is 147 Å². The molecular weight excluding hydrogens is 338 g/mol. The zero-order chi connectivity index (χ0) is 18.8. The van der Waals surface area contributed by atoms with Gasteiger partial charge < -0.3 is 9.52 Å². The molecule has 1 N–H and O–H groups in total. The van der Waals surface area contributed by atoms with E-state index in [1.807, 2.05) is 0 Å². The van der Waals surface area contributed by atoms with E-state index < -0.39 is 22.2 Å². The van der Waals surface area contributed by atoms with Crippen LogP contribution in [0.4, 0.5) is 5.69 Å². The minimum atomic E-state index is -0.828. The number of fused-ring (bicyclic) bond motifs is 1. The summed E-state index contributed by atoms with van der Waals surface area (Å²) >= 11 is 0. The molecule has 0 aliphatic heterocycles. The van der Waals surface area contributed by atoms with Gasteiger partial charge in [0.25, 0.3) is 5.69 Å². The Morgan fingerprint density at radius 1 is 1.19 bits per heavy atom. The predicted octanol–water partition coefficient (Wildman–Crippen LogP) is 3.52. The smallest absolute Gasteiger partial charge is 0.343 e. The van der Waals surface area contributed by atoms with E-state index in [-0.39, 0.29) is 34.4 Å². The van der Waals surface area contributed by atoms with Gasteiger partial charge in [-0.2, -0.15) is 0 Å². The van der Waals surface area contributed by atoms with Gasteiger partial charge in [-0.25, -0.2) is 4.79 Å². The predicted molar refractivity (Wildman–Crippen MR) is 94.4 cm³/mol. The molecule has 0 saturated heterocycles. The van der Waals surface area contributed by atoms with E-state index in [1.54, 1.807) is 30.3 Å². The van der Waals surface area contributed by atoms with Crippen LogP contribution in [0.3, 0.4) is 0 Å². The summed E-state index contributed by atoms with van der Waals surface area (Å²) in [7, 11) is 0. The van der Waals surface area contributed by atoms with Crippen LogP contribution in [0, 0.1) is 10.1 Å². The van der Waals surface area contributed by atoms with Crippen LogP contribution in [0.25, 0.3) is 11.0 Å². The second-order valence-corrected chi connectivity index (χ2v) is 5.93. The van der Waals surface area contributed by atoms with Gasteiger partial charge in [-0.15, -0.1) is 0 Å². The number of hydrogen-bond donors (Lipinski definition) is 1. The summed E-state index contributed by atoms with van der Waals surface area (Å²) in [6.45, 7) is 1.37. The molecule has 0 saturated carbocycles. The summed E-state index contributed by atoms with van der Waals surface area (Å²) in [6, 6.07) is 12.7. The zero-order valence-corrected chi connectivity index (χ0v) is 13.8. The number of carbonyl (C=O) groups is 1. The van der Waals surface area contributed by atoms with E-state index in [0.29, 0.717) is 5.56 Å². The van der Waals surface area contributed by atoms with E-state index in [4.69, 9.17) is 4.42 Å². The van der Waals surface area contributed by atoms with Gasteiger partial charge in [0.1, 0.15) is 22.5 Å². The fraction of sp³-hybridized carbons (Fsp3) is 0.158. The van der Waals surface area contributed by atoms with Crippen LogP contribution in [0.5, 0.6) is 5.75 Å². The Morgan fingerprint density at radius 3 is 2.50 bits per heavy atom. The van der Waals surface area contributed by atoms with Crippen LogP contribution in [-0.2, 0) is 4.79 Å². The van der Waals surface area contributed by atoms with Crippen LogP contribution in [-0.4, -0.2) is 15.8 Å². The molecule has 3 rings (SSSR count). The molecule has 2 aromatic carbocycles. The normalized spacial score (nSPS) is 12.0. The average Bonchev–Trinajstić information content (AvgIpc) is 2.60. The van der Waals surface area contributed by atoms with Crippen molar-refractivity contribution >= 4 is 22.4 Å². The van der Waals surface area contributed by atoms with Crippen molar-refractivity contribution in [2.75, 3.05) is 0 Å². The minimum Gasteiger partial charge on any atom is -0.506 e. The Hall–Kier alpha value is -3.48. The van der Waals surface area contributed by atoms with Gasteiger partial charge in [0.15, 0.2) is 0 Å². The summed E-state index contributed by atoms with van der Waals surface area (Å²) in [5.74, 6) is -1.49. The highest BCUT2D eigenvalue weighted by Crippen LogP contribution is 2.39. The highest BCUT2D eigenvalue weighted by atomic mass is 16.6. The molecule has 1 heterocycles. The number of hydrogen-bond acceptors (Lipinski definition) is 6. The third-order valence-electron chi connectivity index (χ3n) is 4.16. The standard InChI is InChI=1S/C19H15NO6/c1-11(21)10-13(12-6-3-2-4-7-12)16-18(22)17-14(20(24)25)8-5-9-15(17)26-19(16)23/h2-9,13,22H,10H2,1H3. The maximum Gasteiger partial charge on any atom is 0.343 e. The van der Waals surface area contributed by atoms with Crippen LogP contribution < -0.4 is 5.63 Å². The van der Waals surface area contributed by atoms with Crippen molar-refractivity contribution in [1.82, 2.24) is 0 Å². The number of Topliss-reactive ketones (excluding diaryl/α,β-unsaturated/α-hetero) is 1. The molecule has 3 aromatic rings. The van der Waals surface area contributed by atoms with Crippen LogP contribution in [0.2, 0.25) is 0 Å². The van der Waals surface area contributed by atoms with Crippen molar-refractivity contribution in [3.8, 4) is 5.75 Å². The molecule has 0 aliphatic carbocycles. The molecule has 1 aromatic heterocycles. The molecule has 0 amide bonds. The van der Waals surface area contributed by atoms with Gasteiger partial charge in [-0.1, -0.05) is 36.4 Å². The molecule has 1 atom stereocenters. The first-order valence-corrected chi connectivity index (χ1v) is 7.87. The third kappa shape index (κ3) is 3.06. The number of carbonyl (C=O) groups excluding carboxylic acids is 1. The summed E-state index contributed by atoms with van der Waals surface area (Å²) in [4.78, 5) is 34.9. The maximum absolute atomic E-state index is 12.5. The summed E-state index contributed by atoms with van der Waals surface area (Å²) < 4.78 is 5.22. The molecule has 7 nitrogen and oxygen atoms in total. The summed E-state index contributed by atoms with van der Waals surface area (Å²) in [6.07, 6.45) is -0.0472. The number of nitro groups is 1. The molecular formula is C19H15NO6. The van der Waals surface area contributed by atoms with Gasteiger partial charge in [0, 0.05) is 18.4 Å². The van der Waals surface area contributed by atoms with Crippen molar-refractivity contribution in [2.45, 2.75) is 19.3 Å². The van der Waals surface area contributed by atoms with E-state index >= 15 is 0 Å². The van der Waals surface area contributed by atoms with Crippen molar-refractivity contribution in [3.63, 3.8) is 0 Å². The molecule has 26 heavy (non-hydrogen) atoms. The van der Waals surface area contributed by atoms with E-state index in [1.165, 1.54) is 25.1 Å². The SMILES string of the molecule is CC(=O)CC(c1ccccc1)c1c(O)c2c([N+](=O)[O-])cccc2oc1=O. The number of non-ortho nitro benzene ring substituents is 1.